The first kappa shape index (κ1) is 16.8. The zero-order chi connectivity index (χ0) is 17.1. The number of aliphatic hydroxyl groups is 1. The lowest BCUT2D eigenvalue weighted by atomic mass is 9.98. The first-order valence-corrected chi connectivity index (χ1v) is 8.65. The summed E-state index contributed by atoms with van der Waals surface area (Å²) in [6.07, 6.45) is 3.75. The monoisotopic (exact) mass is 331 g/mol. The van der Waals surface area contributed by atoms with E-state index < -0.39 is 0 Å². The van der Waals surface area contributed by atoms with E-state index in [2.05, 4.69) is 10.6 Å². The van der Waals surface area contributed by atoms with Crippen LogP contribution in [0.25, 0.3) is 0 Å². The number of carbonyl (C=O) groups excluding carboxylic acids is 2. The number of hydrogen-bond acceptors (Lipinski definition) is 3. The fourth-order valence-electron chi connectivity index (χ4n) is 2.91. The number of aryl methyl sites for hydroxylation is 1. The molecule has 0 bridgehead atoms. The van der Waals surface area contributed by atoms with Gasteiger partial charge in [0, 0.05) is 37.0 Å². The summed E-state index contributed by atoms with van der Waals surface area (Å²) in [6, 6.07) is 5.55. The van der Waals surface area contributed by atoms with E-state index in [0.29, 0.717) is 36.3 Å². The largest absolute Gasteiger partial charge is 0.396 e. The van der Waals surface area contributed by atoms with Gasteiger partial charge in [0.15, 0.2) is 0 Å². The van der Waals surface area contributed by atoms with Crippen molar-refractivity contribution in [2.75, 3.05) is 25.0 Å². The third kappa shape index (κ3) is 4.06. The molecule has 24 heavy (non-hydrogen) atoms. The van der Waals surface area contributed by atoms with Crippen LogP contribution in [0.15, 0.2) is 18.2 Å². The average molecular weight is 331 g/mol. The van der Waals surface area contributed by atoms with E-state index in [-0.39, 0.29) is 18.5 Å². The van der Waals surface area contributed by atoms with Crippen LogP contribution in [-0.2, 0) is 0 Å². The van der Waals surface area contributed by atoms with Gasteiger partial charge in [-0.3, -0.25) is 4.79 Å². The molecule has 130 valence electrons. The fourth-order valence-corrected chi connectivity index (χ4v) is 2.91. The lowest BCUT2D eigenvalue weighted by Gasteiger charge is -2.31. The highest BCUT2D eigenvalue weighted by atomic mass is 16.3. The van der Waals surface area contributed by atoms with Crippen molar-refractivity contribution in [3.8, 4) is 0 Å². The molecule has 6 nitrogen and oxygen atoms in total. The predicted molar refractivity (Wildman–Crippen MR) is 92.1 cm³/mol. The Morgan fingerprint density at radius 3 is 2.54 bits per heavy atom. The van der Waals surface area contributed by atoms with Crippen molar-refractivity contribution in [3.05, 3.63) is 29.3 Å². The SMILES string of the molecule is Cc1ccc(C(=O)NC2CC2)cc1NC(=O)N1CCC(CO)CC1. The van der Waals surface area contributed by atoms with E-state index in [9.17, 15) is 14.7 Å². The van der Waals surface area contributed by atoms with Crippen LogP contribution in [0.5, 0.6) is 0 Å². The molecule has 2 aliphatic rings. The molecular weight excluding hydrogens is 306 g/mol. The highest BCUT2D eigenvalue weighted by molar-refractivity contribution is 5.97. The van der Waals surface area contributed by atoms with Crippen LogP contribution < -0.4 is 10.6 Å². The van der Waals surface area contributed by atoms with Gasteiger partial charge in [0.2, 0.25) is 0 Å². The number of piperidine rings is 1. The quantitative estimate of drug-likeness (QED) is 0.790. The van der Waals surface area contributed by atoms with Gasteiger partial charge in [0.25, 0.3) is 5.91 Å². The molecule has 2 fully saturated rings. The summed E-state index contributed by atoms with van der Waals surface area (Å²) in [4.78, 5) is 26.4. The lowest BCUT2D eigenvalue weighted by molar-refractivity contribution is 0.0951. The third-order valence-electron chi connectivity index (χ3n) is 4.81. The van der Waals surface area contributed by atoms with Crippen molar-refractivity contribution in [1.82, 2.24) is 10.2 Å². The molecule has 3 rings (SSSR count). The van der Waals surface area contributed by atoms with Crippen molar-refractivity contribution in [3.63, 3.8) is 0 Å². The Bertz CT molecular complexity index is 620. The van der Waals surface area contributed by atoms with E-state index in [1.54, 1.807) is 17.0 Å². The molecule has 1 aromatic rings. The molecule has 0 unspecified atom stereocenters. The molecule has 3 amide bonds. The summed E-state index contributed by atoms with van der Waals surface area (Å²) in [6.45, 7) is 3.40. The standard InChI is InChI=1S/C18H25N3O3/c1-12-2-3-14(17(23)19-15-4-5-15)10-16(12)20-18(24)21-8-6-13(11-22)7-9-21/h2-3,10,13,15,22H,4-9,11H2,1H3,(H,19,23)(H,20,24). The number of likely N-dealkylation sites (tertiary alicyclic amines) is 1. The van der Waals surface area contributed by atoms with Gasteiger partial charge in [0.05, 0.1) is 0 Å². The number of nitrogens with one attached hydrogen (secondary N) is 2. The molecule has 3 N–H and O–H groups in total. The maximum Gasteiger partial charge on any atom is 0.321 e. The normalized spacial score (nSPS) is 18.3. The molecule has 1 aliphatic heterocycles. The minimum Gasteiger partial charge on any atom is -0.396 e. The van der Waals surface area contributed by atoms with E-state index >= 15 is 0 Å². The molecule has 1 heterocycles. The average Bonchev–Trinajstić information content (AvgIpc) is 3.40. The van der Waals surface area contributed by atoms with Crippen LogP contribution in [-0.4, -0.2) is 47.7 Å². The Hall–Kier alpha value is -2.08. The van der Waals surface area contributed by atoms with E-state index in [0.717, 1.165) is 31.2 Å². The number of rotatable bonds is 4. The smallest absolute Gasteiger partial charge is 0.321 e. The van der Waals surface area contributed by atoms with Crippen molar-refractivity contribution in [1.29, 1.82) is 0 Å². The van der Waals surface area contributed by atoms with E-state index in [1.807, 2.05) is 13.0 Å². The number of carbonyl (C=O) groups is 2. The maximum absolute atomic E-state index is 12.4. The Morgan fingerprint density at radius 2 is 1.92 bits per heavy atom. The van der Waals surface area contributed by atoms with Gasteiger partial charge >= 0.3 is 6.03 Å². The Morgan fingerprint density at radius 1 is 1.21 bits per heavy atom. The molecule has 0 radical (unpaired) electrons. The van der Waals surface area contributed by atoms with E-state index in [1.165, 1.54) is 0 Å². The van der Waals surface area contributed by atoms with Crippen LogP contribution in [0.3, 0.4) is 0 Å². The predicted octanol–water partition coefficient (Wildman–Crippen LogP) is 2.12. The highest BCUT2D eigenvalue weighted by Gasteiger charge is 2.25. The van der Waals surface area contributed by atoms with E-state index in [4.69, 9.17) is 0 Å². The first-order chi connectivity index (χ1) is 11.6. The number of amides is 3. The Balaban J connectivity index is 1.63. The van der Waals surface area contributed by atoms with Crippen LogP contribution in [0, 0.1) is 12.8 Å². The van der Waals surface area contributed by atoms with Gasteiger partial charge in [-0.05, 0) is 56.2 Å². The molecule has 0 atom stereocenters. The second-order valence-electron chi connectivity index (χ2n) is 6.82. The summed E-state index contributed by atoms with van der Waals surface area (Å²) < 4.78 is 0. The number of hydrogen-bond donors (Lipinski definition) is 3. The Kier molecular flexibility index (Phi) is 5.04. The maximum atomic E-state index is 12.4. The minimum atomic E-state index is -0.144. The molecule has 1 aromatic carbocycles. The summed E-state index contributed by atoms with van der Waals surface area (Å²) in [5.74, 6) is 0.210. The van der Waals surface area contributed by atoms with Gasteiger partial charge in [-0.15, -0.1) is 0 Å². The highest BCUT2D eigenvalue weighted by Crippen LogP contribution is 2.22. The van der Waals surface area contributed by atoms with Crippen molar-refractivity contribution in [2.45, 2.75) is 38.6 Å². The molecular formula is C18H25N3O3. The molecule has 0 spiro atoms. The van der Waals surface area contributed by atoms with Crippen molar-refractivity contribution in [2.24, 2.45) is 5.92 Å². The summed E-state index contributed by atoms with van der Waals surface area (Å²) in [5, 5.41) is 15.1. The Labute approximate surface area is 142 Å². The number of benzene rings is 1. The summed E-state index contributed by atoms with van der Waals surface area (Å²) in [5.41, 5.74) is 2.17. The topological polar surface area (TPSA) is 81.7 Å². The zero-order valence-electron chi connectivity index (χ0n) is 14.0. The lowest BCUT2D eigenvalue weighted by Crippen LogP contribution is -2.41. The molecule has 6 heteroatoms. The van der Waals surface area contributed by atoms with Gasteiger partial charge in [-0.25, -0.2) is 4.79 Å². The molecule has 1 aliphatic carbocycles. The van der Waals surface area contributed by atoms with Crippen LogP contribution >= 0.6 is 0 Å². The van der Waals surface area contributed by atoms with Crippen molar-refractivity contribution >= 4 is 17.6 Å². The van der Waals surface area contributed by atoms with Crippen molar-refractivity contribution < 1.29 is 14.7 Å². The number of aliphatic hydroxyl groups excluding tert-OH is 1. The first-order valence-electron chi connectivity index (χ1n) is 8.65. The zero-order valence-corrected chi connectivity index (χ0v) is 14.0. The van der Waals surface area contributed by atoms with Gasteiger partial charge in [0.1, 0.15) is 0 Å². The third-order valence-corrected chi connectivity index (χ3v) is 4.81. The van der Waals surface area contributed by atoms with Crippen LogP contribution in [0.1, 0.15) is 41.6 Å². The number of urea groups is 1. The summed E-state index contributed by atoms with van der Waals surface area (Å²) in [7, 11) is 0. The molecule has 0 aromatic heterocycles. The van der Waals surface area contributed by atoms with Gasteiger partial charge in [-0.2, -0.15) is 0 Å². The van der Waals surface area contributed by atoms with Crippen LogP contribution in [0.2, 0.25) is 0 Å². The number of anilines is 1. The van der Waals surface area contributed by atoms with Gasteiger partial charge < -0.3 is 20.6 Å². The fraction of sp³-hybridized carbons (Fsp3) is 0.556. The molecule has 1 saturated heterocycles. The second kappa shape index (κ2) is 7.21. The minimum absolute atomic E-state index is 0.0863. The molecule has 1 saturated carbocycles. The number of nitrogens with zero attached hydrogens (tertiary/aromatic N) is 1. The second-order valence-corrected chi connectivity index (χ2v) is 6.82. The van der Waals surface area contributed by atoms with Crippen LogP contribution in [0.4, 0.5) is 10.5 Å². The van der Waals surface area contributed by atoms with Gasteiger partial charge in [-0.1, -0.05) is 6.07 Å². The summed E-state index contributed by atoms with van der Waals surface area (Å²) >= 11 is 0.